The summed E-state index contributed by atoms with van der Waals surface area (Å²) >= 11 is 6.40. The molecule has 0 N–H and O–H groups in total. The minimum atomic E-state index is 0.201. The van der Waals surface area contributed by atoms with Gasteiger partial charge >= 0.3 is 0 Å². The molecule has 1 atom stereocenters. The summed E-state index contributed by atoms with van der Waals surface area (Å²) in [4.78, 5) is 0. The Hall–Kier alpha value is -1.51. The average Bonchev–Trinajstić information content (AvgIpc) is 2.57. The first-order chi connectivity index (χ1) is 10.8. The van der Waals surface area contributed by atoms with Crippen molar-refractivity contribution in [3.05, 3.63) is 53.1 Å². The molecule has 1 saturated heterocycles. The zero-order chi connectivity index (χ0) is 15.4. The van der Waals surface area contributed by atoms with Crippen LogP contribution in [0.25, 0.3) is 11.1 Å². The molecule has 1 heterocycles. The molecule has 1 aliphatic heterocycles. The molecule has 0 bridgehead atoms. The normalized spacial score (nSPS) is 18.2. The first-order valence-corrected chi connectivity index (χ1v) is 8.30. The molecule has 0 radical (unpaired) electrons. The molecule has 116 valence electrons. The second-order valence-electron chi connectivity index (χ2n) is 5.55. The summed E-state index contributed by atoms with van der Waals surface area (Å²) in [7, 11) is 0. The van der Waals surface area contributed by atoms with E-state index < -0.39 is 0 Å². The third-order valence-electron chi connectivity index (χ3n) is 4.02. The van der Waals surface area contributed by atoms with E-state index in [9.17, 15) is 0 Å². The predicted octanol–water partition coefficient (Wildman–Crippen LogP) is 5.65. The van der Waals surface area contributed by atoms with Crippen molar-refractivity contribution in [1.29, 1.82) is 0 Å². The van der Waals surface area contributed by atoms with Crippen LogP contribution in [-0.4, -0.2) is 13.2 Å². The van der Waals surface area contributed by atoms with Gasteiger partial charge in [-0.3, -0.25) is 0 Å². The minimum absolute atomic E-state index is 0.201. The van der Waals surface area contributed by atoms with Gasteiger partial charge in [0.15, 0.2) is 0 Å². The van der Waals surface area contributed by atoms with Gasteiger partial charge in [-0.15, -0.1) is 0 Å². The summed E-state index contributed by atoms with van der Waals surface area (Å²) < 4.78 is 11.4. The van der Waals surface area contributed by atoms with Crippen molar-refractivity contribution in [2.24, 2.45) is 0 Å². The van der Waals surface area contributed by atoms with Gasteiger partial charge in [0.25, 0.3) is 0 Å². The molecule has 2 aromatic rings. The average molecular weight is 317 g/mol. The van der Waals surface area contributed by atoms with E-state index in [1.165, 1.54) is 12.0 Å². The van der Waals surface area contributed by atoms with Crippen molar-refractivity contribution in [2.75, 3.05) is 13.2 Å². The van der Waals surface area contributed by atoms with Crippen LogP contribution in [0.15, 0.2) is 42.5 Å². The fourth-order valence-electron chi connectivity index (χ4n) is 2.87. The molecule has 0 saturated carbocycles. The third kappa shape index (κ3) is 3.45. The van der Waals surface area contributed by atoms with Crippen LogP contribution in [0.3, 0.4) is 0 Å². The van der Waals surface area contributed by atoms with Crippen molar-refractivity contribution in [2.45, 2.75) is 32.3 Å². The van der Waals surface area contributed by atoms with Crippen LogP contribution in [0.2, 0.25) is 5.02 Å². The molecule has 3 heteroatoms. The SMILES string of the molecule is CCOc1ccc(-c2cc(C3CCCCO3)ccc2Cl)cc1. The van der Waals surface area contributed by atoms with E-state index >= 15 is 0 Å². The lowest BCUT2D eigenvalue weighted by atomic mass is 9.97. The van der Waals surface area contributed by atoms with E-state index in [2.05, 4.69) is 24.3 Å². The Bertz CT molecular complexity index is 616. The summed E-state index contributed by atoms with van der Waals surface area (Å²) in [6.07, 6.45) is 3.68. The smallest absolute Gasteiger partial charge is 0.119 e. The highest BCUT2D eigenvalue weighted by Gasteiger charge is 2.17. The van der Waals surface area contributed by atoms with Gasteiger partial charge in [-0.2, -0.15) is 0 Å². The number of ether oxygens (including phenoxy) is 2. The van der Waals surface area contributed by atoms with Crippen LogP contribution in [0.5, 0.6) is 5.75 Å². The van der Waals surface area contributed by atoms with Gasteiger partial charge in [0, 0.05) is 17.2 Å². The largest absolute Gasteiger partial charge is 0.494 e. The van der Waals surface area contributed by atoms with Gasteiger partial charge in [-0.05, 0) is 61.6 Å². The maximum absolute atomic E-state index is 6.40. The molecule has 0 amide bonds. The van der Waals surface area contributed by atoms with Crippen molar-refractivity contribution in [3.63, 3.8) is 0 Å². The number of hydrogen-bond acceptors (Lipinski definition) is 2. The molecule has 2 nitrogen and oxygen atoms in total. The maximum atomic E-state index is 6.40. The lowest BCUT2D eigenvalue weighted by Gasteiger charge is -2.23. The Morgan fingerprint density at radius 3 is 2.64 bits per heavy atom. The number of rotatable bonds is 4. The Labute approximate surface area is 137 Å². The van der Waals surface area contributed by atoms with Crippen LogP contribution in [0, 0.1) is 0 Å². The molecule has 1 unspecified atom stereocenters. The monoisotopic (exact) mass is 316 g/mol. The molecule has 0 aliphatic carbocycles. The lowest BCUT2D eigenvalue weighted by Crippen LogP contribution is -2.11. The number of hydrogen-bond donors (Lipinski definition) is 0. The summed E-state index contributed by atoms with van der Waals surface area (Å²) in [5.74, 6) is 0.883. The molecular weight excluding hydrogens is 296 g/mol. The van der Waals surface area contributed by atoms with Gasteiger partial charge in [0.05, 0.1) is 12.7 Å². The van der Waals surface area contributed by atoms with Gasteiger partial charge < -0.3 is 9.47 Å². The van der Waals surface area contributed by atoms with Gasteiger partial charge in [-0.25, -0.2) is 0 Å². The zero-order valence-corrected chi connectivity index (χ0v) is 13.6. The van der Waals surface area contributed by atoms with Crippen LogP contribution in [0.1, 0.15) is 37.9 Å². The molecular formula is C19H21ClO2. The molecule has 2 aromatic carbocycles. The standard InChI is InChI=1S/C19H21ClO2/c1-2-21-16-9-6-14(7-10-16)17-13-15(8-11-18(17)20)19-5-3-4-12-22-19/h6-11,13,19H,2-5,12H2,1H3. The quantitative estimate of drug-likeness (QED) is 0.726. The second kappa shape index (κ2) is 7.17. The molecule has 0 spiro atoms. The van der Waals surface area contributed by atoms with Gasteiger partial charge in [0.1, 0.15) is 5.75 Å². The van der Waals surface area contributed by atoms with Crippen LogP contribution in [-0.2, 0) is 4.74 Å². The molecule has 1 fully saturated rings. The molecule has 1 aliphatic rings. The molecule has 3 rings (SSSR count). The zero-order valence-electron chi connectivity index (χ0n) is 12.8. The fourth-order valence-corrected chi connectivity index (χ4v) is 3.09. The van der Waals surface area contributed by atoms with E-state index in [0.29, 0.717) is 6.61 Å². The Morgan fingerprint density at radius 1 is 1.14 bits per heavy atom. The molecule has 0 aromatic heterocycles. The minimum Gasteiger partial charge on any atom is -0.494 e. The summed E-state index contributed by atoms with van der Waals surface area (Å²) in [6.45, 7) is 3.51. The highest BCUT2D eigenvalue weighted by molar-refractivity contribution is 6.33. The Morgan fingerprint density at radius 2 is 1.95 bits per heavy atom. The van der Waals surface area contributed by atoms with E-state index in [1.807, 2.05) is 25.1 Å². The first kappa shape index (κ1) is 15.4. The first-order valence-electron chi connectivity index (χ1n) is 7.92. The van der Waals surface area contributed by atoms with Gasteiger partial charge in [-0.1, -0.05) is 29.8 Å². The van der Waals surface area contributed by atoms with Crippen LogP contribution in [0.4, 0.5) is 0 Å². The van der Waals surface area contributed by atoms with Crippen LogP contribution >= 0.6 is 11.6 Å². The second-order valence-corrected chi connectivity index (χ2v) is 5.96. The van der Waals surface area contributed by atoms with E-state index in [-0.39, 0.29) is 6.10 Å². The Kier molecular flexibility index (Phi) is 5.01. The van der Waals surface area contributed by atoms with Crippen molar-refractivity contribution >= 4 is 11.6 Å². The third-order valence-corrected chi connectivity index (χ3v) is 4.35. The lowest BCUT2D eigenvalue weighted by molar-refractivity contribution is 0.0150. The van der Waals surface area contributed by atoms with E-state index in [0.717, 1.165) is 41.3 Å². The highest BCUT2D eigenvalue weighted by Crippen LogP contribution is 2.35. The Balaban J connectivity index is 1.88. The van der Waals surface area contributed by atoms with Crippen molar-refractivity contribution in [3.8, 4) is 16.9 Å². The van der Waals surface area contributed by atoms with E-state index in [1.54, 1.807) is 0 Å². The van der Waals surface area contributed by atoms with Crippen molar-refractivity contribution < 1.29 is 9.47 Å². The summed E-state index contributed by atoms with van der Waals surface area (Å²) in [6, 6.07) is 14.3. The number of benzene rings is 2. The topological polar surface area (TPSA) is 18.5 Å². The maximum Gasteiger partial charge on any atom is 0.119 e. The van der Waals surface area contributed by atoms with Crippen molar-refractivity contribution in [1.82, 2.24) is 0 Å². The fraction of sp³-hybridized carbons (Fsp3) is 0.368. The van der Waals surface area contributed by atoms with E-state index in [4.69, 9.17) is 21.1 Å². The van der Waals surface area contributed by atoms with Crippen LogP contribution < -0.4 is 4.74 Å². The highest BCUT2D eigenvalue weighted by atomic mass is 35.5. The summed E-state index contributed by atoms with van der Waals surface area (Å²) in [5, 5.41) is 0.767. The number of halogens is 1. The van der Waals surface area contributed by atoms with Gasteiger partial charge in [0.2, 0.25) is 0 Å². The predicted molar refractivity (Wildman–Crippen MR) is 90.6 cm³/mol. The summed E-state index contributed by atoms with van der Waals surface area (Å²) in [5.41, 5.74) is 3.37. The molecule has 22 heavy (non-hydrogen) atoms.